The molecule has 1 aliphatic rings. The first-order valence-electron chi connectivity index (χ1n) is 5.60. The Morgan fingerprint density at radius 3 is 2.00 bits per heavy atom. The second-order valence-corrected chi connectivity index (χ2v) is 4.33. The smallest absolute Gasteiger partial charge is 0.305 e. The van der Waals surface area contributed by atoms with E-state index in [-0.39, 0.29) is 24.3 Å². The number of rotatable bonds is 2. The van der Waals surface area contributed by atoms with Crippen LogP contribution in [0.2, 0.25) is 0 Å². The van der Waals surface area contributed by atoms with E-state index in [1.807, 2.05) is 0 Å². The Morgan fingerprint density at radius 2 is 1.59 bits per heavy atom. The molecule has 1 heterocycles. The molecule has 17 heavy (non-hydrogen) atoms. The SMILES string of the molecule is CC(=O)N1CCN(C(C)=O)[C@@H](CC(=O)O)[C@@H]1C. The van der Waals surface area contributed by atoms with Crippen LogP contribution in [0.15, 0.2) is 0 Å². The molecule has 1 N–H and O–H groups in total. The second-order valence-electron chi connectivity index (χ2n) is 4.33. The van der Waals surface area contributed by atoms with Gasteiger partial charge in [-0.15, -0.1) is 0 Å². The highest BCUT2D eigenvalue weighted by Gasteiger charge is 2.37. The number of amides is 2. The summed E-state index contributed by atoms with van der Waals surface area (Å²) in [5.41, 5.74) is 0. The van der Waals surface area contributed by atoms with Gasteiger partial charge in [0.2, 0.25) is 11.8 Å². The van der Waals surface area contributed by atoms with Gasteiger partial charge in [-0.25, -0.2) is 0 Å². The molecule has 0 aromatic heterocycles. The van der Waals surface area contributed by atoms with Crippen molar-refractivity contribution in [2.24, 2.45) is 0 Å². The topological polar surface area (TPSA) is 77.9 Å². The van der Waals surface area contributed by atoms with E-state index in [2.05, 4.69) is 0 Å². The fraction of sp³-hybridized carbons (Fsp3) is 0.727. The molecule has 0 unspecified atom stereocenters. The maximum absolute atomic E-state index is 11.4. The van der Waals surface area contributed by atoms with Crippen molar-refractivity contribution in [3.8, 4) is 0 Å². The summed E-state index contributed by atoms with van der Waals surface area (Å²) in [5, 5.41) is 8.87. The number of piperazine rings is 1. The Hall–Kier alpha value is -1.59. The predicted octanol–water partition coefficient (Wildman–Crippen LogP) is -0.0712. The van der Waals surface area contributed by atoms with Crippen molar-refractivity contribution < 1.29 is 19.5 Å². The van der Waals surface area contributed by atoms with E-state index in [0.29, 0.717) is 13.1 Å². The molecule has 0 aromatic carbocycles. The standard InChI is InChI=1S/C11H18N2O4/c1-7-10(6-11(16)17)13(9(3)15)5-4-12(7)8(2)14/h7,10H,4-6H2,1-3H3,(H,16,17)/t7-,10-/m0/s1. The maximum Gasteiger partial charge on any atom is 0.305 e. The predicted molar refractivity (Wildman–Crippen MR) is 60.3 cm³/mol. The number of hydrogen-bond acceptors (Lipinski definition) is 3. The van der Waals surface area contributed by atoms with Gasteiger partial charge in [-0.1, -0.05) is 0 Å². The third kappa shape index (κ3) is 2.95. The lowest BCUT2D eigenvalue weighted by Crippen LogP contribution is -2.61. The highest BCUT2D eigenvalue weighted by atomic mass is 16.4. The Kier molecular flexibility index (Phi) is 4.09. The van der Waals surface area contributed by atoms with Crippen molar-refractivity contribution in [1.82, 2.24) is 9.80 Å². The van der Waals surface area contributed by atoms with Crippen molar-refractivity contribution in [3.63, 3.8) is 0 Å². The molecule has 0 aromatic rings. The van der Waals surface area contributed by atoms with Crippen molar-refractivity contribution in [2.45, 2.75) is 39.3 Å². The van der Waals surface area contributed by atoms with Crippen LogP contribution in [0.5, 0.6) is 0 Å². The van der Waals surface area contributed by atoms with Crippen molar-refractivity contribution in [2.75, 3.05) is 13.1 Å². The molecule has 2 amide bonds. The molecular formula is C11H18N2O4. The van der Waals surface area contributed by atoms with Gasteiger partial charge in [0.05, 0.1) is 12.5 Å². The van der Waals surface area contributed by atoms with Gasteiger partial charge in [0.15, 0.2) is 0 Å². The van der Waals surface area contributed by atoms with Crippen LogP contribution in [0, 0.1) is 0 Å². The minimum atomic E-state index is -0.960. The van der Waals surface area contributed by atoms with Crippen molar-refractivity contribution in [3.05, 3.63) is 0 Å². The first kappa shape index (κ1) is 13.5. The normalized spacial score (nSPS) is 24.6. The zero-order valence-electron chi connectivity index (χ0n) is 10.3. The Labute approximate surface area is 100 Å². The summed E-state index contributed by atoms with van der Waals surface area (Å²) >= 11 is 0. The number of hydrogen-bond donors (Lipinski definition) is 1. The van der Waals surface area contributed by atoms with Crippen LogP contribution in [0.1, 0.15) is 27.2 Å². The maximum atomic E-state index is 11.4. The monoisotopic (exact) mass is 242 g/mol. The van der Waals surface area contributed by atoms with Crippen LogP contribution >= 0.6 is 0 Å². The average molecular weight is 242 g/mol. The van der Waals surface area contributed by atoms with Gasteiger partial charge in [0.25, 0.3) is 0 Å². The van der Waals surface area contributed by atoms with Crippen LogP contribution in [-0.4, -0.2) is 57.9 Å². The van der Waals surface area contributed by atoms with Gasteiger partial charge >= 0.3 is 5.97 Å². The summed E-state index contributed by atoms with van der Waals surface area (Å²) in [6, 6.07) is -0.705. The average Bonchev–Trinajstić information content (AvgIpc) is 2.19. The molecule has 0 spiro atoms. The van der Waals surface area contributed by atoms with E-state index in [9.17, 15) is 14.4 Å². The summed E-state index contributed by atoms with van der Waals surface area (Å²) in [6.45, 7) is 5.52. The molecule has 1 aliphatic heterocycles. The van der Waals surface area contributed by atoms with E-state index in [4.69, 9.17) is 5.11 Å². The number of carbonyl (C=O) groups excluding carboxylic acids is 2. The van der Waals surface area contributed by atoms with Gasteiger partial charge in [-0.2, -0.15) is 0 Å². The molecule has 0 aliphatic carbocycles. The molecule has 6 nitrogen and oxygen atoms in total. The van der Waals surface area contributed by atoms with E-state index in [1.165, 1.54) is 18.7 Å². The lowest BCUT2D eigenvalue weighted by molar-refractivity contribution is -0.149. The van der Waals surface area contributed by atoms with Gasteiger partial charge < -0.3 is 14.9 Å². The van der Waals surface area contributed by atoms with Crippen LogP contribution in [0.3, 0.4) is 0 Å². The first-order valence-corrected chi connectivity index (χ1v) is 5.60. The van der Waals surface area contributed by atoms with Crippen LogP contribution < -0.4 is 0 Å². The minimum Gasteiger partial charge on any atom is -0.481 e. The summed E-state index contributed by atoms with van der Waals surface area (Å²) < 4.78 is 0. The van der Waals surface area contributed by atoms with Crippen LogP contribution in [0.4, 0.5) is 0 Å². The van der Waals surface area contributed by atoms with E-state index in [1.54, 1.807) is 11.8 Å². The van der Waals surface area contributed by atoms with E-state index in [0.717, 1.165) is 0 Å². The molecule has 96 valence electrons. The summed E-state index contributed by atoms with van der Waals surface area (Å²) in [5.74, 6) is -1.19. The molecular weight excluding hydrogens is 224 g/mol. The highest BCUT2D eigenvalue weighted by molar-refractivity contribution is 5.77. The highest BCUT2D eigenvalue weighted by Crippen LogP contribution is 2.20. The summed E-state index contributed by atoms with van der Waals surface area (Å²) in [6.07, 6.45) is -0.134. The van der Waals surface area contributed by atoms with E-state index < -0.39 is 12.0 Å². The number of nitrogens with zero attached hydrogens (tertiary/aromatic N) is 2. The number of carboxylic acid groups (broad SMARTS) is 1. The minimum absolute atomic E-state index is 0.0870. The molecule has 1 rings (SSSR count). The fourth-order valence-corrected chi connectivity index (χ4v) is 2.35. The van der Waals surface area contributed by atoms with Crippen LogP contribution in [0.25, 0.3) is 0 Å². The lowest BCUT2D eigenvalue weighted by atomic mass is 9.99. The number of carboxylic acids is 1. The van der Waals surface area contributed by atoms with Crippen LogP contribution in [-0.2, 0) is 14.4 Å². The van der Waals surface area contributed by atoms with Gasteiger partial charge in [-0.3, -0.25) is 14.4 Å². The first-order chi connectivity index (χ1) is 7.84. The quantitative estimate of drug-likeness (QED) is 0.735. The zero-order valence-corrected chi connectivity index (χ0v) is 10.3. The molecule has 0 bridgehead atoms. The summed E-state index contributed by atoms with van der Waals surface area (Å²) in [4.78, 5) is 36.8. The fourth-order valence-electron chi connectivity index (χ4n) is 2.35. The van der Waals surface area contributed by atoms with Gasteiger partial charge in [-0.05, 0) is 6.92 Å². The Balaban J connectivity index is 2.90. The van der Waals surface area contributed by atoms with Gasteiger partial charge in [0, 0.05) is 33.0 Å². The lowest BCUT2D eigenvalue weighted by Gasteiger charge is -2.45. The summed E-state index contributed by atoms with van der Waals surface area (Å²) in [7, 11) is 0. The molecule has 1 fully saturated rings. The molecule has 0 radical (unpaired) electrons. The zero-order chi connectivity index (χ0) is 13.2. The number of carbonyl (C=O) groups is 3. The third-order valence-corrected chi connectivity index (χ3v) is 3.22. The van der Waals surface area contributed by atoms with Gasteiger partial charge in [0.1, 0.15) is 0 Å². The third-order valence-electron chi connectivity index (χ3n) is 3.22. The molecule has 1 saturated heterocycles. The number of aliphatic carboxylic acids is 1. The Bertz CT molecular complexity index is 342. The Morgan fingerprint density at radius 1 is 1.12 bits per heavy atom. The molecule has 2 atom stereocenters. The molecule has 0 saturated carbocycles. The second kappa shape index (κ2) is 5.16. The van der Waals surface area contributed by atoms with Crippen molar-refractivity contribution >= 4 is 17.8 Å². The molecule has 6 heteroatoms. The van der Waals surface area contributed by atoms with E-state index >= 15 is 0 Å². The van der Waals surface area contributed by atoms with Crippen molar-refractivity contribution in [1.29, 1.82) is 0 Å². The largest absolute Gasteiger partial charge is 0.481 e.